The zero-order valence-corrected chi connectivity index (χ0v) is 11.9. The Kier molecular flexibility index (Phi) is 5.72. The van der Waals surface area contributed by atoms with Crippen LogP contribution in [0, 0.1) is 5.92 Å². The normalized spacial score (nSPS) is 10.6. The fourth-order valence-corrected chi connectivity index (χ4v) is 1.95. The summed E-state index contributed by atoms with van der Waals surface area (Å²) in [5.74, 6) is 0.733. The van der Waals surface area contributed by atoms with E-state index in [1.165, 1.54) is 6.42 Å². The third kappa shape index (κ3) is 4.92. The van der Waals surface area contributed by atoms with Crippen LogP contribution >= 0.6 is 23.8 Å². The lowest BCUT2D eigenvalue weighted by molar-refractivity contribution is 0.567. The van der Waals surface area contributed by atoms with Crippen molar-refractivity contribution in [2.45, 2.75) is 26.7 Å². The zero-order valence-electron chi connectivity index (χ0n) is 10.3. The maximum Gasteiger partial charge on any atom is 0.106 e. The van der Waals surface area contributed by atoms with E-state index in [9.17, 15) is 0 Å². The number of benzene rings is 1. The largest absolute Gasteiger partial charge is 0.389 e. The lowest BCUT2D eigenvalue weighted by Crippen LogP contribution is -2.14. The second-order valence-corrected chi connectivity index (χ2v) is 5.39. The molecule has 2 nitrogen and oxygen atoms in total. The fourth-order valence-electron chi connectivity index (χ4n) is 1.61. The molecule has 1 aromatic rings. The van der Waals surface area contributed by atoms with Crippen LogP contribution in [-0.4, -0.2) is 11.5 Å². The van der Waals surface area contributed by atoms with E-state index in [-0.39, 0.29) is 0 Å². The van der Waals surface area contributed by atoms with Crippen LogP contribution in [0.25, 0.3) is 0 Å². The van der Waals surface area contributed by atoms with E-state index in [2.05, 4.69) is 19.2 Å². The Morgan fingerprint density at radius 1 is 1.47 bits per heavy atom. The molecule has 0 amide bonds. The molecule has 0 aliphatic heterocycles. The van der Waals surface area contributed by atoms with E-state index < -0.39 is 0 Å². The number of thiocarbonyl (C=S) groups is 1. The van der Waals surface area contributed by atoms with Gasteiger partial charge in [-0.05, 0) is 37.0 Å². The summed E-state index contributed by atoms with van der Waals surface area (Å²) >= 11 is 10.9. The Labute approximate surface area is 114 Å². The molecule has 4 heteroatoms. The Morgan fingerprint density at radius 2 is 2.18 bits per heavy atom. The molecule has 0 aliphatic rings. The van der Waals surface area contributed by atoms with Gasteiger partial charge in [0.25, 0.3) is 0 Å². The molecule has 0 aliphatic carbocycles. The average Bonchev–Trinajstić information content (AvgIpc) is 2.25. The molecule has 1 aromatic carbocycles. The van der Waals surface area contributed by atoms with Gasteiger partial charge in [-0.3, -0.25) is 0 Å². The molecule has 0 unspecified atom stereocenters. The Balaban J connectivity index is 2.61. The molecule has 0 atom stereocenters. The standard InChI is InChI=1S/C13H19ClN2S/c1-9(2)4-3-7-16-12-6-5-10(14)8-11(12)13(15)17/h5-6,8-9,16H,3-4,7H2,1-2H3,(H2,15,17). The SMILES string of the molecule is CC(C)CCCNc1ccc(Cl)cc1C(N)=S. The summed E-state index contributed by atoms with van der Waals surface area (Å²) < 4.78 is 0. The van der Waals surface area contributed by atoms with Crippen molar-refractivity contribution in [3.8, 4) is 0 Å². The van der Waals surface area contributed by atoms with Gasteiger partial charge in [0.2, 0.25) is 0 Å². The van der Waals surface area contributed by atoms with Crippen LogP contribution in [-0.2, 0) is 0 Å². The molecule has 1 rings (SSSR count). The minimum atomic E-state index is 0.374. The third-order valence-corrected chi connectivity index (χ3v) is 2.98. The Hall–Kier alpha value is -0.800. The van der Waals surface area contributed by atoms with Crippen LogP contribution in [0.4, 0.5) is 5.69 Å². The van der Waals surface area contributed by atoms with Gasteiger partial charge in [0, 0.05) is 22.8 Å². The van der Waals surface area contributed by atoms with Crippen LogP contribution in [0.3, 0.4) is 0 Å². The highest BCUT2D eigenvalue weighted by Gasteiger charge is 2.05. The maximum absolute atomic E-state index is 5.92. The molecule has 0 saturated carbocycles. The molecular weight excluding hydrogens is 252 g/mol. The molecule has 3 N–H and O–H groups in total. The number of hydrogen-bond donors (Lipinski definition) is 2. The molecular formula is C13H19ClN2S. The summed E-state index contributed by atoms with van der Waals surface area (Å²) in [5.41, 5.74) is 7.45. The first-order chi connectivity index (χ1) is 8.00. The van der Waals surface area contributed by atoms with Crippen molar-refractivity contribution in [2.24, 2.45) is 11.7 Å². The molecule has 0 heterocycles. The lowest BCUT2D eigenvalue weighted by Gasteiger charge is -2.12. The molecule has 94 valence electrons. The number of nitrogens with two attached hydrogens (primary N) is 1. The number of rotatable bonds is 6. The van der Waals surface area contributed by atoms with Gasteiger partial charge in [-0.25, -0.2) is 0 Å². The smallest absolute Gasteiger partial charge is 0.106 e. The van der Waals surface area contributed by atoms with E-state index in [1.54, 1.807) is 6.07 Å². The summed E-state index contributed by atoms with van der Waals surface area (Å²) in [5, 5.41) is 4.00. The number of halogens is 1. The van der Waals surface area contributed by atoms with Crippen molar-refractivity contribution in [3.05, 3.63) is 28.8 Å². The second kappa shape index (κ2) is 6.82. The first-order valence-electron chi connectivity index (χ1n) is 5.84. The van der Waals surface area contributed by atoms with Crippen molar-refractivity contribution in [1.82, 2.24) is 0 Å². The fraction of sp³-hybridized carbons (Fsp3) is 0.462. The van der Waals surface area contributed by atoms with Crippen molar-refractivity contribution in [3.63, 3.8) is 0 Å². The minimum Gasteiger partial charge on any atom is -0.389 e. The van der Waals surface area contributed by atoms with Crippen molar-refractivity contribution < 1.29 is 0 Å². The first kappa shape index (κ1) is 14.3. The van der Waals surface area contributed by atoms with Gasteiger partial charge < -0.3 is 11.1 Å². The number of nitrogens with one attached hydrogen (secondary N) is 1. The van der Waals surface area contributed by atoms with Crippen molar-refractivity contribution in [1.29, 1.82) is 0 Å². The van der Waals surface area contributed by atoms with Gasteiger partial charge in [-0.1, -0.05) is 37.7 Å². The van der Waals surface area contributed by atoms with Crippen molar-refractivity contribution in [2.75, 3.05) is 11.9 Å². The van der Waals surface area contributed by atoms with E-state index in [1.807, 2.05) is 12.1 Å². The number of hydrogen-bond acceptors (Lipinski definition) is 2. The van der Waals surface area contributed by atoms with Gasteiger partial charge in [-0.15, -0.1) is 0 Å². The number of anilines is 1. The van der Waals surface area contributed by atoms with Crippen LogP contribution in [0.1, 0.15) is 32.3 Å². The highest BCUT2D eigenvalue weighted by atomic mass is 35.5. The van der Waals surface area contributed by atoms with Gasteiger partial charge in [0.05, 0.1) is 0 Å². The van der Waals surface area contributed by atoms with Crippen LogP contribution in [0.2, 0.25) is 5.02 Å². The van der Waals surface area contributed by atoms with Crippen LogP contribution in [0.5, 0.6) is 0 Å². The summed E-state index contributed by atoms with van der Waals surface area (Å²) in [6.45, 7) is 5.38. The molecule has 0 radical (unpaired) electrons. The molecule has 0 saturated heterocycles. The lowest BCUT2D eigenvalue weighted by atomic mass is 10.1. The van der Waals surface area contributed by atoms with Crippen molar-refractivity contribution >= 4 is 34.5 Å². The van der Waals surface area contributed by atoms with Crippen LogP contribution in [0.15, 0.2) is 18.2 Å². The van der Waals surface area contributed by atoms with E-state index in [0.717, 1.165) is 30.1 Å². The van der Waals surface area contributed by atoms with E-state index in [4.69, 9.17) is 29.6 Å². The van der Waals surface area contributed by atoms with Crippen LogP contribution < -0.4 is 11.1 Å². The van der Waals surface area contributed by atoms with Gasteiger partial charge in [0.15, 0.2) is 0 Å². The summed E-state index contributed by atoms with van der Waals surface area (Å²) in [6.07, 6.45) is 2.35. The summed E-state index contributed by atoms with van der Waals surface area (Å²) in [6, 6.07) is 5.56. The zero-order chi connectivity index (χ0) is 12.8. The quantitative estimate of drug-likeness (QED) is 0.610. The molecule has 0 bridgehead atoms. The molecule has 0 aromatic heterocycles. The monoisotopic (exact) mass is 270 g/mol. The summed E-state index contributed by atoms with van der Waals surface area (Å²) in [7, 11) is 0. The van der Waals surface area contributed by atoms with Gasteiger partial charge in [0.1, 0.15) is 4.99 Å². The maximum atomic E-state index is 5.92. The average molecular weight is 271 g/mol. The second-order valence-electron chi connectivity index (χ2n) is 4.52. The minimum absolute atomic E-state index is 0.374. The first-order valence-corrected chi connectivity index (χ1v) is 6.62. The Morgan fingerprint density at radius 3 is 2.76 bits per heavy atom. The predicted molar refractivity (Wildman–Crippen MR) is 79.9 cm³/mol. The molecule has 0 fully saturated rings. The van der Waals surface area contributed by atoms with Gasteiger partial charge >= 0.3 is 0 Å². The van der Waals surface area contributed by atoms with E-state index in [0.29, 0.717) is 10.0 Å². The summed E-state index contributed by atoms with van der Waals surface area (Å²) in [4.78, 5) is 0.374. The molecule has 17 heavy (non-hydrogen) atoms. The molecule has 0 spiro atoms. The highest BCUT2D eigenvalue weighted by molar-refractivity contribution is 7.80. The van der Waals surface area contributed by atoms with Gasteiger partial charge in [-0.2, -0.15) is 0 Å². The topological polar surface area (TPSA) is 38.0 Å². The van der Waals surface area contributed by atoms with E-state index >= 15 is 0 Å². The predicted octanol–water partition coefficient (Wildman–Crippen LogP) is 3.82. The highest BCUT2D eigenvalue weighted by Crippen LogP contribution is 2.20. The third-order valence-electron chi connectivity index (χ3n) is 2.52. The Bertz CT molecular complexity index is 391.